The Morgan fingerprint density at radius 3 is 2.68 bits per heavy atom. The molecule has 0 spiro atoms. The summed E-state index contributed by atoms with van der Waals surface area (Å²) >= 11 is 0. The number of nitrogens with one attached hydrogen (secondary N) is 1. The molecule has 5 heteroatoms. The summed E-state index contributed by atoms with van der Waals surface area (Å²) in [6.45, 7) is 3.23. The quantitative estimate of drug-likeness (QED) is 0.548. The lowest BCUT2D eigenvalue weighted by atomic mass is 10.0. The molecule has 1 heterocycles. The maximum atomic E-state index is 13.0. The summed E-state index contributed by atoms with van der Waals surface area (Å²) in [5.74, 6) is 1.95. The lowest BCUT2D eigenvalue weighted by Crippen LogP contribution is -2.10. The summed E-state index contributed by atoms with van der Waals surface area (Å²) in [6, 6.07) is 18.5. The number of nitrogens with zero attached hydrogens (tertiary/aromatic N) is 1. The number of ketones is 1. The summed E-state index contributed by atoms with van der Waals surface area (Å²) in [7, 11) is 1.64. The number of anilines is 1. The molecule has 3 aromatic rings. The van der Waals surface area contributed by atoms with Crippen LogP contribution in [-0.4, -0.2) is 24.4 Å². The minimum atomic E-state index is -0.0847. The molecule has 1 aromatic heterocycles. The van der Waals surface area contributed by atoms with Crippen LogP contribution >= 0.6 is 0 Å². The fraction of sp³-hybridized carbons (Fsp3) is 0.217. The van der Waals surface area contributed by atoms with Crippen LogP contribution in [-0.2, 0) is 6.61 Å². The summed E-state index contributed by atoms with van der Waals surface area (Å²) in [6.07, 6.45) is 2.64. The number of carbonyl (C=O) groups excluding carboxylic acids is 1. The topological polar surface area (TPSA) is 60.5 Å². The van der Waals surface area contributed by atoms with Gasteiger partial charge in [0.15, 0.2) is 5.78 Å². The van der Waals surface area contributed by atoms with Crippen molar-refractivity contribution in [2.24, 2.45) is 0 Å². The van der Waals surface area contributed by atoms with E-state index in [1.807, 2.05) is 36.4 Å². The smallest absolute Gasteiger partial charge is 0.196 e. The van der Waals surface area contributed by atoms with E-state index in [-0.39, 0.29) is 5.78 Å². The molecular weight excluding hydrogens is 352 g/mol. The molecule has 28 heavy (non-hydrogen) atoms. The highest BCUT2D eigenvalue weighted by Crippen LogP contribution is 2.21. The SMILES string of the molecule is CCCNc1ncccc1C(=O)c1cccc(OCc2cccc(OC)c2)c1. The van der Waals surface area contributed by atoms with E-state index in [9.17, 15) is 4.79 Å². The zero-order valence-corrected chi connectivity index (χ0v) is 16.1. The van der Waals surface area contributed by atoms with Gasteiger partial charge in [-0.1, -0.05) is 31.2 Å². The number of benzene rings is 2. The molecule has 0 bridgehead atoms. The normalized spacial score (nSPS) is 10.4. The molecule has 5 nitrogen and oxygen atoms in total. The van der Waals surface area contributed by atoms with E-state index in [4.69, 9.17) is 9.47 Å². The second kappa shape index (κ2) is 9.55. The second-order valence-electron chi connectivity index (χ2n) is 6.32. The van der Waals surface area contributed by atoms with Crippen LogP contribution in [0.4, 0.5) is 5.82 Å². The largest absolute Gasteiger partial charge is 0.497 e. The average Bonchev–Trinajstić information content (AvgIpc) is 2.76. The van der Waals surface area contributed by atoms with Gasteiger partial charge in [0, 0.05) is 18.3 Å². The molecule has 0 aliphatic rings. The number of hydrogen-bond donors (Lipinski definition) is 1. The molecule has 0 saturated heterocycles. The summed E-state index contributed by atoms with van der Waals surface area (Å²) in [5.41, 5.74) is 2.12. The number of pyridine rings is 1. The van der Waals surface area contributed by atoms with Crippen molar-refractivity contribution in [3.63, 3.8) is 0 Å². The third kappa shape index (κ3) is 4.88. The van der Waals surface area contributed by atoms with Gasteiger partial charge >= 0.3 is 0 Å². The Labute approximate surface area is 165 Å². The second-order valence-corrected chi connectivity index (χ2v) is 6.32. The van der Waals surface area contributed by atoms with Crippen molar-refractivity contribution in [3.05, 3.63) is 83.6 Å². The van der Waals surface area contributed by atoms with Crippen LogP contribution in [0, 0.1) is 0 Å². The highest BCUT2D eigenvalue weighted by Gasteiger charge is 2.15. The Morgan fingerprint density at radius 2 is 1.86 bits per heavy atom. The Balaban J connectivity index is 1.75. The van der Waals surface area contributed by atoms with Gasteiger partial charge in [-0.3, -0.25) is 4.79 Å². The number of rotatable bonds is 9. The van der Waals surface area contributed by atoms with Crippen LogP contribution in [0.2, 0.25) is 0 Å². The van der Waals surface area contributed by atoms with Gasteiger partial charge in [0.05, 0.1) is 12.7 Å². The fourth-order valence-electron chi connectivity index (χ4n) is 2.78. The Bertz CT molecular complexity index is 940. The van der Waals surface area contributed by atoms with E-state index < -0.39 is 0 Å². The molecule has 0 aliphatic heterocycles. The van der Waals surface area contributed by atoms with Gasteiger partial charge in [-0.15, -0.1) is 0 Å². The number of ether oxygens (including phenoxy) is 2. The molecule has 3 rings (SSSR count). The van der Waals surface area contributed by atoms with Gasteiger partial charge in [0.2, 0.25) is 0 Å². The first-order valence-corrected chi connectivity index (χ1v) is 9.30. The van der Waals surface area contributed by atoms with Crippen LogP contribution in [0.3, 0.4) is 0 Å². The molecule has 0 radical (unpaired) electrons. The average molecular weight is 376 g/mol. The van der Waals surface area contributed by atoms with Gasteiger partial charge in [0.25, 0.3) is 0 Å². The van der Waals surface area contributed by atoms with E-state index in [1.54, 1.807) is 37.6 Å². The fourth-order valence-corrected chi connectivity index (χ4v) is 2.78. The number of hydrogen-bond acceptors (Lipinski definition) is 5. The van der Waals surface area contributed by atoms with Crippen molar-refractivity contribution in [1.29, 1.82) is 0 Å². The van der Waals surface area contributed by atoms with Crippen molar-refractivity contribution in [1.82, 2.24) is 4.98 Å². The van der Waals surface area contributed by atoms with Crippen LogP contribution in [0.25, 0.3) is 0 Å². The van der Waals surface area contributed by atoms with E-state index in [0.717, 1.165) is 24.3 Å². The maximum Gasteiger partial charge on any atom is 0.196 e. The molecule has 144 valence electrons. The van der Waals surface area contributed by atoms with Crippen molar-refractivity contribution < 1.29 is 14.3 Å². The van der Waals surface area contributed by atoms with Crippen molar-refractivity contribution in [2.75, 3.05) is 19.0 Å². The van der Waals surface area contributed by atoms with Gasteiger partial charge in [-0.25, -0.2) is 4.98 Å². The minimum absolute atomic E-state index is 0.0847. The standard InChI is InChI=1S/C23H24N2O3/c1-3-12-24-23-21(11-6-13-25-23)22(26)18-8-5-10-20(15-18)28-16-17-7-4-9-19(14-17)27-2/h4-11,13-15H,3,12,16H2,1-2H3,(H,24,25). The van der Waals surface area contributed by atoms with Gasteiger partial charge in [0.1, 0.15) is 23.9 Å². The zero-order chi connectivity index (χ0) is 19.8. The number of methoxy groups -OCH3 is 1. The van der Waals surface area contributed by atoms with E-state index in [1.165, 1.54) is 0 Å². The van der Waals surface area contributed by atoms with Crippen molar-refractivity contribution in [2.45, 2.75) is 20.0 Å². The Morgan fingerprint density at radius 1 is 1.04 bits per heavy atom. The third-order valence-electron chi connectivity index (χ3n) is 4.23. The van der Waals surface area contributed by atoms with Crippen LogP contribution in [0.5, 0.6) is 11.5 Å². The Hall–Kier alpha value is -3.34. The van der Waals surface area contributed by atoms with E-state index in [2.05, 4.69) is 17.2 Å². The maximum absolute atomic E-state index is 13.0. The predicted octanol–water partition coefficient (Wildman–Crippen LogP) is 4.72. The molecule has 1 N–H and O–H groups in total. The lowest BCUT2D eigenvalue weighted by Gasteiger charge is -2.11. The van der Waals surface area contributed by atoms with Crippen molar-refractivity contribution in [3.8, 4) is 11.5 Å². The van der Waals surface area contributed by atoms with Crippen molar-refractivity contribution >= 4 is 11.6 Å². The monoisotopic (exact) mass is 376 g/mol. The first-order valence-electron chi connectivity index (χ1n) is 9.30. The summed E-state index contributed by atoms with van der Waals surface area (Å²) < 4.78 is 11.1. The predicted molar refractivity (Wildman–Crippen MR) is 110 cm³/mol. The molecule has 0 amide bonds. The lowest BCUT2D eigenvalue weighted by molar-refractivity contribution is 0.103. The molecule has 0 fully saturated rings. The third-order valence-corrected chi connectivity index (χ3v) is 4.23. The minimum Gasteiger partial charge on any atom is -0.497 e. The van der Waals surface area contributed by atoms with Crippen LogP contribution in [0.15, 0.2) is 66.9 Å². The summed E-state index contributed by atoms with van der Waals surface area (Å²) in [5, 5.41) is 3.21. The van der Waals surface area contributed by atoms with Crippen LogP contribution < -0.4 is 14.8 Å². The summed E-state index contributed by atoms with van der Waals surface area (Å²) in [4.78, 5) is 17.3. The van der Waals surface area contributed by atoms with Gasteiger partial charge < -0.3 is 14.8 Å². The van der Waals surface area contributed by atoms with E-state index >= 15 is 0 Å². The molecular formula is C23H24N2O3. The highest BCUT2D eigenvalue weighted by atomic mass is 16.5. The molecule has 0 atom stereocenters. The number of aromatic nitrogens is 1. The number of carbonyl (C=O) groups is 1. The van der Waals surface area contributed by atoms with E-state index in [0.29, 0.717) is 29.3 Å². The molecule has 0 unspecified atom stereocenters. The first kappa shape index (κ1) is 19.4. The highest BCUT2D eigenvalue weighted by molar-refractivity contribution is 6.12. The van der Waals surface area contributed by atoms with Gasteiger partial charge in [-0.2, -0.15) is 0 Å². The zero-order valence-electron chi connectivity index (χ0n) is 16.1. The molecule has 2 aromatic carbocycles. The van der Waals surface area contributed by atoms with Gasteiger partial charge in [-0.05, 0) is 48.4 Å². The van der Waals surface area contributed by atoms with Crippen LogP contribution in [0.1, 0.15) is 34.8 Å². The molecule has 0 saturated carbocycles. The molecule has 0 aliphatic carbocycles. The first-order chi connectivity index (χ1) is 13.7. The Kier molecular flexibility index (Phi) is 6.63.